The Bertz CT molecular complexity index is 409. The van der Waals surface area contributed by atoms with Crippen LogP contribution >= 0.6 is 0 Å². The summed E-state index contributed by atoms with van der Waals surface area (Å²) in [6.07, 6.45) is 0. The fraction of sp³-hybridized carbons (Fsp3) is 1.00. The lowest BCUT2D eigenvalue weighted by Crippen LogP contribution is -2.35. The van der Waals surface area contributed by atoms with Gasteiger partial charge in [0.15, 0.2) is 0 Å². The summed E-state index contributed by atoms with van der Waals surface area (Å²) in [5, 5.41) is -5.73. The lowest BCUT2D eigenvalue weighted by molar-refractivity contribution is 0.0308. The molecule has 0 aromatic heterocycles. The van der Waals surface area contributed by atoms with Gasteiger partial charge in [-0.2, -0.15) is 25.6 Å². The van der Waals surface area contributed by atoms with Crippen LogP contribution in [0.3, 0.4) is 0 Å². The summed E-state index contributed by atoms with van der Waals surface area (Å²) in [5.41, 5.74) is 0. The molecule has 0 rings (SSSR count). The van der Waals surface area contributed by atoms with Crippen LogP contribution in [-0.2, 0) is 24.4 Å². The molecule has 0 aromatic carbocycles. The Hall–Kier alpha value is -0.320. The van der Waals surface area contributed by atoms with Gasteiger partial charge in [0.05, 0.1) is 5.25 Å². The van der Waals surface area contributed by atoms with Gasteiger partial charge in [0.25, 0.3) is 10.1 Å². The molecule has 0 aliphatic carbocycles. The van der Waals surface area contributed by atoms with Crippen LogP contribution in [-0.4, -0.2) is 38.5 Å². The molecule has 0 atom stereocenters. The smallest absolute Gasteiger partial charge is 0.281 e. The first-order valence-corrected chi connectivity index (χ1v) is 6.54. The van der Waals surface area contributed by atoms with Crippen molar-refractivity contribution in [3.05, 3.63) is 0 Å². The van der Waals surface area contributed by atoms with Crippen LogP contribution in [0.2, 0.25) is 0 Å². The molecule has 0 unspecified atom stereocenters. The SMILES string of the molecule is CC(C)S(=O)(=O)OCC(F)(F)S(=O)(=O)O. The van der Waals surface area contributed by atoms with E-state index in [2.05, 4.69) is 4.18 Å². The Morgan fingerprint density at radius 1 is 1.27 bits per heavy atom. The molecule has 1 N–H and O–H groups in total. The standard InChI is InChI=1S/C5H10F2O6S2/c1-4(2)14(8,9)13-3-5(6,7)15(10,11)12/h4H,3H2,1-2H3,(H,10,11,12). The molecule has 0 heterocycles. The van der Waals surface area contributed by atoms with Crippen LogP contribution in [0.5, 0.6) is 0 Å². The van der Waals surface area contributed by atoms with Crippen molar-refractivity contribution < 1.29 is 34.4 Å². The third-order valence-electron chi connectivity index (χ3n) is 1.35. The third kappa shape index (κ3) is 3.97. The van der Waals surface area contributed by atoms with Gasteiger partial charge < -0.3 is 0 Å². The summed E-state index contributed by atoms with van der Waals surface area (Å²) in [4.78, 5) is 0. The summed E-state index contributed by atoms with van der Waals surface area (Å²) < 4.78 is 78.7. The molecule has 0 bridgehead atoms. The highest BCUT2D eigenvalue weighted by Crippen LogP contribution is 2.22. The van der Waals surface area contributed by atoms with Gasteiger partial charge in [-0.15, -0.1) is 0 Å². The Morgan fingerprint density at radius 2 is 1.67 bits per heavy atom. The molecule has 0 aromatic rings. The van der Waals surface area contributed by atoms with E-state index in [0.29, 0.717) is 0 Å². The quantitative estimate of drug-likeness (QED) is 0.566. The number of rotatable bonds is 5. The van der Waals surface area contributed by atoms with Gasteiger partial charge in [-0.25, -0.2) is 0 Å². The molecule has 0 aliphatic rings. The van der Waals surface area contributed by atoms with Crippen molar-refractivity contribution in [3.8, 4) is 0 Å². The predicted molar refractivity (Wildman–Crippen MR) is 46.5 cm³/mol. The van der Waals surface area contributed by atoms with Gasteiger partial charge in [0.1, 0.15) is 6.61 Å². The van der Waals surface area contributed by atoms with Crippen molar-refractivity contribution in [3.63, 3.8) is 0 Å². The van der Waals surface area contributed by atoms with Gasteiger partial charge in [-0.1, -0.05) is 0 Å². The molecule has 0 aliphatic heterocycles. The molecule has 0 fully saturated rings. The number of alkyl halides is 2. The van der Waals surface area contributed by atoms with E-state index < -0.39 is 37.3 Å². The summed E-state index contributed by atoms with van der Waals surface area (Å²) >= 11 is 0. The van der Waals surface area contributed by atoms with E-state index in [4.69, 9.17) is 4.55 Å². The van der Waals surface area contributed by atoms with Crippen LogP contribution in [0.25, 0.3) is 0 Å². The summed E-state index contributed by atoms with van der Waals surface area (Å²) in [6, 6.07) is 0. The Morgan fingerprint density at radius 3 is 1.93 bits per heavy atom. The first-order chi connectivity index (χ1) is 6.40. The lowest BCUT2D eigenvalue weighted by atomic mass is 10.6. The highest BCUT2D eigenvalue weighted by Gasteiger charge is 2.46. The Labute approximate surface area is 86.1 Å². The second kappa shape index (κ2) is 4.28. The molecule has 10 heteroatoms. The van der Waals surface area contributed by atoms with Gasteiger partial charge in [-0.05, 0) is 13.8 Å². The fourth-order valence-electron chi connectivity index (χ4n) is 0.361. The second-order valence-electron chi connectivity index (χ2n) is 2.92. The zero-order chi connectivity index (χ0) is 12.5. The van der Waals surface area contributed by atoms with E-state index in [-0.39, 0.29) is 0 Å². The zero-order valence-corrected chi connectivity index (χ0v) is 9.48. The van der Waals surface area contributed by atoms with Crippen LogP contribution in [0.1, 0.15) is 13.8 Å². The maximum Gasteiger partial charge on any atom is 0.393 e. The van der Waals surface area contributed by atoms with E-state index in [9.17, 15) is 25.6 Å². The lowest BCUT2D eigenvalue weighted by Gasteiger charge is -2.14. The Kier molecular flexibility index (Phi) is 4.18. The van der Waals surface area contributed by atoms with Crippen LogP contribution in [0, 0.1) is 0 Å². The van der Waals surface area contributed by atoms with E-state index in [1.54, 1.807) is 0 Å². The molecule has 0 saturated carbocycles. The summed E-state index contributed by atoms with van der Waals surface area (Å²) in [5.74, 6) is 0. The minimum Gasteiger partial charge on any atom is -0.281 e. The predicted octanol–water partition coefficient (Wildman–Crippen LogP) is 0.222. The monoisotopic (exact) mass is 268 g/mol. The average molecular weight is 268 g/mol. The van der Waals surface area contributed by atoms with Crippen molar-refractivity contribution in [2.24, 2.45) is 0 Å². The number of hydrogen-bond acceptors (Lipinski definition) is 5. The third-order valence-corrected chi connectivity index (χ3v) is 3.82. The topological polar surface area (TPSA) is 97.7 Å². The van der Waals surface area contributed by atoms with E-state index in [1.165, 1.54) is 13.8 Å². The van der Waals surface area contributed by atoms with Crippen LogP contribution in [0.4, 0.5) is 8.78 Å². The minimum absolute atomic E-state index is 1.09. The van der Waals surface area contributed by atoms with Crippen molar-refractivity contribution in [1.29, 1.82) is 0 Å². The molecular formula is C5H10F2O6S2. The van der Waals surface area contributed by atoms with Crippen LogP contribution in [0.15, 0.2) is 0 Å². The zero-order valence-electron chi connectivity index (χ0n) is 7.85. The summed E-state index contributed by atoms with van der Waals surface area (Å²) in [6.45, 7) is 0.397. The van der Waals surface area contributed by atoms with Gasteiger partial charge in [0.2, 0.25) is 0 Å². The van der Waals surface area contributed by atoms with Gasteiger partial charge in [-0.3, -0.25) is 8.74 Å². The number of halogens is 2. The fourth-order valence-corrected chi connectivity index (χ4v) is 1.23. The average Bonchev–Trinajstić information content (AvgIpc) is 1.99. The molecule has 15 heavy (non-hydrogen) atoms. The maximum atomic E-state index is 12.5. The molecule has 92 valence electrons. The highest BCUT2D eigenvalue weighted by molar-refractivity contribution is 7.88. The summed E-state index contributed by atoms with van der Waals surface area (Å²) in [7, 11) is -9.92. The first-order valence-electron chi connectivity index (χ1n) is 3.63. The molecule has 0 spiro atoms. The molecular weight excluding hydrogens is 258 g/mol. The Balaban J connectivity index is 4.69. The normalized spacial score (nSPS) is 14.5. The van der Waals surface area contributed by atoms with Gasteiger partial charge in [0, 0.05) is 0 Å². The second-order valence-corrected chi connectivity index (χ2v) is 6.63. The van der Waals surface area contributed by atoms with E-state index in [1.807, 2.05) is 0 Å². The van der Waals surface area contributed by atoms with Gasteiger partial charge >= 0.3 is 15.4 Å². The number of hydrogen-bond donors (Lipinski definition) is 1. The molecule has 0 radical (unpaired) electrons. The van der Waals surface area contributed by atoms with Crippen LogP contribution < -0.4 is 0 Å². The van der Waals surface area contributed by atoms with E-state index in [0.717, 1.165) is 0 Å². The van der Waals surface area contributed by atoms with Crippen molar-refractivity contribution in [1.82, 2.24) is 0 Å². The molecule has 0 saturated heterocycles. The minimum atomic E-state index is -5.67. The maximum absolute atomic E-state index is 12.5. The first kappa shape index (κ1) is 14.7. The molecule has 0 amide bonds. The molecule has 6 nitrogen and oxygen atoms in total. The largest absolute Gasteiger partial charge is 0.393 e. The van der Waals surface area contributed by atoms with Crippen molar-refractivity contribution in [2.45, 2.75) is 24.4 Å². The van der Waals surface area contributed by atoms with Crippen molar-refractivity contribution >= 4 is 20.2 Å². The van der Waals surface area contributed by atoms with E-state index >= 15 is 0 Å². The highest BCUT2D eigenvalue weighted by atomic mass is 32.2. The van der Waals surface area contributed by atoms with Crippen molar-refractivity contribution in [2.75, 3.05) is 6.61 Å².